The molecule has 0 amide bonds. The van der Waals surface area contributed by atoms with Crippen molar-refractivity contribution in [2.75, 3.05) is 7.11 Å². The Morgan fingerprint density at radius 2 is 2.33 bits per heavy atom. The standard InChI is InChI=1S/C8H11ClN2O/c1-5(10)6-3-8(12-2)11-4-7(6)9/h3-5H,10H2,1-2H3/t5-/m0/s1. The number of hydrogen-bond acceptors (Lipinski definition) is 3. The highest BCUT2D eigenvalue weighted by atomic mass is 35.5. The quantitative estimate of drug-likeness (QED) is 0.766. The molecule has 0 aliphatic heterocycles. The zero-order valence-corrected chi connectivity index (χ0v) is 7.80. The van der Waals surface area contributed by atoms with Crippen molar-refractivity contribution in [1.29, 1.82) is 0 Å². The molecule has 0 aliphatic rings. The number of rotatable bonds is 2. The molecule has 0 radical (unpaired) electrons. The van der Waals surface area contributed by atoms with Gasteiger partial charge in [0.2, 0.25) is 5.88 Å². The van der Waals surface area contributed by atoms with E-state index < -0.39 is 0 Å². The van der Waals surface area contributed by atoms with Crippen molar-refractivity contribution < 1.29 is 4.74 Å². The number of aromatic nitrogens is 1. The fraction of sp³-hybridized carbons (Fsp3) is 0.375. The van der Waals surface area contributed by atoms with Crippen molar-refractivity contribution in [3.8, 4) is 5.88 Å². The van der Waals surface area contributed by atoms with Gasteiger partial charge < -0.3 is 10.5 Å². The maximum Gasteiger partial charge on any atom is 0.213 e. The number of nitrogens with zero attached hydrogens (tertiary/aromatic N) is 1. The third-order valence-corrected chi connectivity index (χ3v) is 1.88. The molecule has 1 atom stereocenters. The van der Waals surface area contributed by atoms with Crippen molar-refractivity contribution in [3.05, 3.63) is 22.8 Å². The van der Waals surface area contributed by atoms with Crippen molar-refractivity contribution in [2.24, 2.45) is 5.73 Å². The van der Waals surface area contributed by atoms with Crippen LogP contribution in [-0.2, 0) is 0 Å². The topological polar surface area (TPSA) is 48.1 Å². The minimum absolute atomic E-state index is 0.102. The van der Waals surface area contributed by atoms with Crippen LogP contribution >= 0.6 is 11.6 Å². The van der Waals surface area contributed by atoms with Gasteiger partial charge in [-0.05, 0) is 12.5 Å². The molecule has 2 N–H and O–H groups in total. The number of methoxy groups -OCH3 is 1. The fourth-order valence-electron chi connectivity index (χ4n) is 0.895. The monoisotopic (exact) mass is 186 g/mol. The Kier molecular flexibility index (Phi) is 2.89. The first-order chi connectivity index (χ1) is 5.65. The van der Waals surface area contributed by atoms with Crippen LogP contribution < -0.4 is 10.5 Å². The molecule has 0 spiro atoms. The minimum Gasteiger partial charge on any atom is -0.481 e. The summed E-state index contributed by atoms with van der Waals surface area (Å²) in [7, 11) is 1.56. The Labute approximate surface area is 76.5 Å². The van der Waals surface area contributed by atoms with E-state index in [2.05, 4.69) is 4.98 Å². The van der Waals surface area contributed by atoms with Crippen molar-refractivity contribution in [3.63, 3.8) is 0 Å². The van der Waals surface area contributed by atoms with Crippen LogP contribution in [0.4, 0.5) is 0 Å². The third-order valence-electron chi connectivity index (χ3n) is 1.56. The second-order valence-electron chi connectivity index (χ2n) is 2.54. The Balaban J connectivity index is 3.08. The van der Waals surface area contributed by atoms with Gasteiger partial charge in [0.15, 0.2) is 0 Å². The summed E-state index contributed by atoms with van der Waals surface area (Å²) < 4.78 is 4.93. The Morgan fingerprint density at radius 3 is 2.83 bits per heavy atom. The lowest BCUT2D eigenvalue weighted by Crippen LogP contribution is -2.06. The van der Waals surface area contributed by atoms with Crippen molar-refractivity contribution in [2.45, 2.75) is 13.0 Å². The van der Waals surface area contributed by atoms with Crippen molar-refractivity contribution in [1.82, 2.24) is 4.98 Å². The predicted molar refractivity (Wildman–Crippen MR) is 48.4 cm³/mol. The van der Waals surface area contributed by atoms with E-state index in [1.165, 1.54) is 0 Å². The van der Waals surface area contributed by atoms with Crippen LogP contribution in [0.5, 0.6) is 5.88 Å². The maximum absolute atomic E-state index is 5.85. The van der Waals surface area contributed by atoms with E-state index in [0.717, 1.165) is 5.56 Å². The van der Waals surface area contributed by atoms with Crippen LogP contribution in [0, 0.1) is 0 Å². The van der Waals surface area contributed by atoms with Crippen LogP contribution in [0.3, 0.4) is 0 Å². The van der Waals surface area contributed by atoms with E-state index in [-0.39, 0.29) is 6.04 Å². The van der Waals surface area contributed by atoms with Gasteiger partial charge in [0.1, 0.15) is 0 Å². The molecule has 0 saturated heterocycles. The number of nitrogens with two attached hydrogens (primary N) is 1. The van der Waals surface area contributed by atoms with E-state index in [1.54, 1.807) is 19.4 Å². The molecule has 12 heavy (non-hydrogen) atoms. The number of hydrogen-bond donors (Lipinski definition) is 1. The first kappa shape index (κ1) is 9.29. The van der Waals surface area contributed by atoms with Crippen LogP contribution in [0.1, 0.15) is 18.5 Å². The molecule has 3 nitrogen and oxygen atoms in total. The first-order valence-corrected chi connectivity index (χ1v) is 3.98. The zero-order chi connectivity index (χ0) is 9.14. The molecule has 1 aromatic rings. The molecule has 0 fully saturated rings. The summed E-state index contributed by atoms with van der Waals surface area (Å²) >= 11 is 5.85. The lowest BCUT2D eigenvalue weighted by molar-refractivity contribution is 0.397. The second kappa shape index (κ2) is 3.74. The average Bonchev–Trinajstić information content (AvgIpc) is 2.05. The third kappa shape index (κ3) is 1.87. The molecule has 0 bridgehead atoms. The van der Waals surface area contributed by atoms with Gasteiger partial charge in [-0.2, -0.15) is 0 Å². The SMILES string of the molecule is COc1cc([C@H](C)N)c(Cl)cn1. The van der Waals surface area contributed by atoms with Gasteiger partial charge in [-0.15, -0.1) is 0 Å². The van der Waals surface area contributed by atoms with Gasteiger partial charge in [-0.1, -0.05) is 11.6 Å². The van der Waals surface area contributed by atoms with E-state index in [9.17, 15) is 0 Å². The van der Waals surface area contributed by atoms with E-state index >= 15 is 0 Å². The minimum atomic E-state index is -0.102. The normalized spacial score (nSPS) is 12.7. The maximum atomic E-state index is 5.85. The number of pyridine rings is 1. The molecule has 0 aliphatic carbocycles. The first-order valence-electron chi connectivity index (χ1n) is 3.60. The highest BCUT2D eigenvalue weighted by Gasteiger charge is 2.06. The lowest BCUT2D eigenvalue weighted by atomic mass is 10.1. The Hall–Kier alpha value is -0.800. The van der Waals surface area contributed by atoms with Crippen LogP contribution in [0.25, 0.3) is 0 Å². The highest BCUT2D eigenvalue weighted by Crippen LogP contribution is 2.23. The summed E-state index contributed by atoms with van der Waals surface area (Å²) in [4.78, 5) is 3.93. The molecule has 0 saturated carbocycles. The second-order valence-corrected chi connectivity index (χ2v) is 2.94. The van der Waals surface area contributed by atoms with Crippen molar-refractivity contribution >= 4 is 11.6 Å². The zero-order valence-electron chi connectivity index (χ0n) is 7.04. The smallest absolute Gasteiger partial charge is 0.213 e. The fourth-order valence-corrected chi connectivity index (χ4v) is 1.17. The molecule has 0 unspecified atom stereocenters. The molecular weight excluding hydrogens is 176 g/mol. The summed E-state index contributed by atoms with van der Waals surface area (Å²) in [6, 6.07) is 1.64. The number of ether oxygens (including phenoxy) is 1. The largest absolute Gasteiger partial charge is 0.481 e. The van der Waals surface area contributed by atoms with E-state index in [4.69, 9.17) is 22.1 Å². The summed E-state index contributed by atoms with van der Waals surface area (Å²) in [5, 5.41) is 0.575. The molecule has 4 heteroatoms. The number of halogens is 1. The Morgan fingerprint density at radius 1 is 1.67 bits per heavy atom. The van der Waals surface area contributed by atoms with Gasteiger partial charge in [-0.3, -0.25) is 0 Å². The van der Waals surface area contributed by atoms with Gasteiger partial charge in [-0.25, -0.2) is 4.98 Å². The van der Waals surface area contributed by atoms with Crippen LogP contribution in [0.2, 0.25) is 5.02 Å². The van der Waals surface area contributed by atoms with Gasteiger partial charge in [0, 0.05) is 18.3 Å². The average molecular weight is 187 g/mol. The molecule has 1 heterocycles. The van der Waals surface area contributed by atoms with Crippen LogP contribution in [-0.4, -0.2) is 12.1 Å². The molecule has 66 valence electrons. The Bertz CT molecular complexity index is 276. The summed E-state index contributed by atoms with van der Waals surface area (Å²) in [5.41, 5.74) is 6.52. The summed E-state index contributed by atoms with van der Waals surface area (Å²) in [6.07, 6.45) is 1.54. The van der Waals surface area contributed by atoms with Crippen LogP contribution in [0.15, 0.2) is 12.3 Å². The summed E-state index contributed by atoms with van der Waals surface area (Å²) in [5.74, 6) is 0.534. The van der Waals surface area contributed by atoms with Gasteiger partial charge in [0.05, 0.1) is 12.1 Å². The predicted octanol–water partition coefficient (Wildman–Crippen LogP) is 1.76. The van der Waals surface area contributed by atoms with E-state index in [0.29, 0.717) is 10.9 Å². The lowest BCUT2D eigenvalue weighted by Gasteiger charge is -2.08. The highest BCUT2D eigenvalue weighted by molar-refractivity contribution is 6.31. The molecular formula is C8H11ClN2O. The molecule has 1 aromatic heterocycles. The molecule has 0 aromatic carbocycles. The van der Waals surface area contributed by atoms with Gasteiger partial charge >= 0.3 is 0 Å². The molecule has 1 rings (SSSR count). The summed E-state index contributed by atoms with van der Waals surface area (Å²) in [6.45, 7) is 1.86. The van der Waals surface area contributed by atoms with Gasteiger partial charge in [0.25, 0.3) is 0 Å². The van der Waals surface area contributed by atoms with E-state index in [1.807, 2.05) is 6.92 Å².